The van der Waals surface area contributed by atoms with Crippen molar-refractivity contribution in [1.29, 1.82) is 0 Å². The number of carbonyl (C=O) groups excluding carboxylic acids is 1. The first-order chi connectivity index (χ1) is 10.0. The standard InChI is InChI=1S/C15H20N2O4/c1-9-10(15(19)20)7-8-12(16-9)14(18)17-11-5-3-4-6-13(11)21-2/h7-8,11,13H,3-6H2,1-2H3,(H,17,18)(H,19,20)/t11-,13-/m0/s1. The number of aromatic carboxylic acids is 1. The highest BCUT2D eigenvalue weighted by atomic mass is 16.5. The molecule has 1 aliphatic rings. The molecule has 1 heterocycles. The lowest BCUT2D eigenvalue weighted by Gasteiger charge is -2.30. The SMILES string of the molecule is CO[C@H]1CCCC[C@@H]1NC(=O)c1ccc(C(=O)O)c(C)n1. The Balaban J connectivity index is 2.09. The first kappa shape index (κ1) is 15.4. The van der Waals surface area contributed by atoms with Gasteiger partial charge in [-0.15, -0.1) is 0 Å². The maximum atomic E-state index is 12.2. The molecule has 0 radical (unpaired) electrons. The van der Waals surface area contributed by atoms with Gasteiger partial charge in [0.15, 0.2) is 0 Å². The lowest BCUT2D eigenvalue weighted by Crippen LogP contribution is -2.46. The van der Waals surface area contributed by atoms with Crippen molar-refractivity contribution >= 4 is 11.9 Å². The first-order valence-corrected chi connectivity index (χ1v) is 7.07. The van der Waals surface area contributed by atoms with Crippen molar-refractivity contribution in [2.45, 2.75) is 44.8 Å². The van der Waals surface area contributed by atoms with Crippen LogP contribution in [0, 0.1) is 6.92 Å². The minimum absolute atomic E-state index is 0.0162. The summed E-state index contributed by atoms with van der Waals surface area (Å²) in [6, 6.07) is 2.84. The molecular weight excluding hydrogens is 272 g/mol. The van der Waals surface area contributed by atoms with Gasteiger partial charge in [0.1, 0.15) is 5.69 Å². The molecule has 0 spiro atoms. The Morgan fingerprint density at radius 1 is 1.33 bits per heavy atom. The Kier molecular flexibility index (Phi) is 4.90. The molecule has 114 valence electrons. The summed E-state index contributed by atoms with van der Waals surface area (Å²) >= 11 is 0. The Labute approximate surface area is 123 Å². The second-order valence-corrected chi connectivity index (χ2v) is 5.27. The smallest absolute Gasteiger partial charge is 0.337 e. The Morgan fingerprint density at radius 2 is 2.05 bits per heavy atom. The number of hydrogen-bond donors (Lipinski definition) is 2. The van der Waals surface area contributed by atoms with E-state index in [9.17, 15) is 9.59 Å². The summed E-state index contributed by atoms with van der Waals surface area (Å²) in [7, 11) is 1.65. The van der Waals surface area contributed by atoms with Gasteiger partial charge in [-0.2, -0.15) is 0 Å². The van der Waals surface area contributed by atoms with Crippen molar-refractivity contribution < 1.29 is 19.4 Å². The van der Waals surface area contributed by atoms with Gasteiger partial charge in [-0.25, -0.2) is 9.78 Å². The van der Waals surface area contributed by atoms with Crippen LogP contribution in [0.1, 0.15) is 52.2 Å². The molecule has 2 atom stereocenters. The number of rotatable bonds is 4. The number of ether oxygens (including phenoxy) is 1. The molecule has 2 N–H and O–H groups in total. The van der Waals surface area contributed by atoms with Crippen LogP contribution in [0.5, 0.6) is 0 Å². The molecule has 21 heavy (non-hydrogen) atoms. The van der Waals surface area contributed by atoms with E-state index in [-0.39, 0.29) is 29.3 Å². The number of nitrogens with one attached hydrogen (secondary N) is 1. The maximum Gasteiger partial charge on any atom is 0.337 e. The van der Waals surface area contributed by atoms with E-state index in [1.54, 1.807) is 14.0 Å². The van der Waals surface area contributed by atoms with E-state index in [2.05, 4.69) is 10.3 Å². The quantitative estimate of drug-likeness (QED) is 0.883. The molecule has 0 aliphatic heterocycles. The summed E-state index contributed by atoms with van der Waals surface area (Å²) < 4.78 is 5.40. The van der Waals surface area contributed by atoms with Gasteiger partial charge in [-0.3, -0.25) is 4.79 Å². The molecule has 1 aromatic heterocycles. The van der Waals surface area contributed by atoms with Gasteiger partial charge in [-0.1, -0.05) is 12.8 Å². The van der Waals surface area contributed by atoms with Crippen LogP contribution < -0.4 is 5.32 Å². The first-order valence-electron chi connectivity index (χ1n) is 7.07. The third-order valence-corrected chi connectivity index (χ3v) is 3.87. The number of carboxylic acid groups (broad SMARTS) is 1. The highest BCUT2D eigenvalue weighted by molar-refractivity contribution is 5.94. The number of aryl methyl sites for hydroxylation is 1. The molecule has 6 heteroatoms. The summed E-state index contributed by atoms with van der Waals surface area (Å²) in [5.41, 5.74) is 0.680. The fourth-order valence-corrected chi connectivity index (χ4v) is 2.70. The Bertz CT molecular complexity index is 544. The number of amides is 1. The van der Waals surface area contributed by atoms with Crippen LogP contribution in [0.4, 0.5) is 0 Å². The van der Waals surface area contributed by atoms with E-state index in [0.717, 1.165) is 25.7 Å². The van der Waals surface area contributed by atoms with Gasteiger partial charge in [0, 0.05) is 7.11 Å². The Morgan fingerprint density at radius 3 is 2.67 bits per heavy atom. The average molecular weight is 292 g/mol. The summed E-state index contributed by atoms with van der Waals surface area (Å²) in [6.45, 7) is 1.58. The maximum absolute atomic E-state index is 12.2. The normalized spacial score (nSPS) is 21.8. The van der Waals surface area contributed by atoms with Gasteiger partial charge in [-0.05, 0) is 31.9 Å². The van der Waals surface area contributed by atoms with Crippen molar-refractivity contribution in [2.24, 2.45) is 0 Å². The zero-order valence-corrected chi connectivity index (χ0v) is 12.3. The minimum atomic E-state index is -1.04. The molecular formula is C15H20N2O4. The zero-order chi connectivity index (χ0) is 15.4. The van der Waals surface area contributed by atoms with Crippen molar-refractivity contribution in [3.63, 3.8) is 0 Å². The molecule has 0 unspecified atom stereocenters. The molecule has 1 aromatic rings. The monoisotopic (exact) mass is 292 g/mol. The largest absolute Gasteiger partial charge is 0.478 e. The number of pyridine rings is 1. The topological polar surface area (TPSA) is 88.5 Å². The minimum Gasteiger partial charge on any atom is -0.478 e. The molecule has 0 aromatic carbocycles. The molecule has 1 amide bonds. The predicted octanol–water partition coefficient (Wildman–Crippen LogP) is 1.78. The number of methoxy groups -OCH3 is 1. The molecule has 2 rings (SSSR count). The van der Waals surface area contributed by atoms with E-state index in [1.807, 2.05) is 0 Å². The second-order valence-electron chi connectivity index (χ2n) is 5.27. The third kappa shape index (κ3) is 3.58. The van der Waals surface area contributed by atoms with Gasteiger partial charge in [0.2, 0.25) is 0 Å². The third-order valence-electron chi connectivity index (χ3n) is 3.87. The highest BCUT2D eigenvalue weighted by Crippen LogP contribution is 2.21. The van der Waals surface area contributed by atoms with Gasteiger partial charge >= 0.3 is 5.97 Å². The van der Waals surface area contributed by atoms with Crippen LogP contribution >= 0.6 is 0 Å². The van der Waals surface area contributed by atoms with Crippen molar-refractivity contribution in [2.75, 3.05) is 7.11 Å². The van der Waals surface area contributed by atoms with E-state index in [4.69, 9.17) is 9.84 Å². The average Bonchev–Trinajstić information content (AvgIpc) is 2.47. The van der Waals surface area contributed by atoms with Crippen molar-refractivity contribution in [3.05, 3.63) is 29.1 Å². The molecule has 1 fully saturated rings. The fourth-order valence-electron chi connectivity index (χ4n) is 2.70. The summed E-state index contributed by atoms with van der Waals surface area (Å²) in [4.78, 5) is 27.3. The van der Waals surface area contributed by atoms with E-state index in [0.29, 0.717) is 5.69 Å². The fraction of sp³-hybridized carbons (Fsp3) is 0.533. The number of carboxylic acids is 1. The van der Waals surface area contributed by atoms with Crippen molar-refractivity contribution in [1.82, 2.24) is 10.3 Å². The van der Waals surface area contributed by atoms with Crippen molar-refractivity contribution in [3.8, 4) is 0 Å². The van der Waals surface area contributed by atoms with Crippen LogP contribution in [0.15, 0.2) is 12.1 Å². The molecule has 1 aliphatic carbocycles. The summed E-state index contributed by atoms with van der Waals surface area (Å²) in [5.74, 6) is -1.33. The second kappa shape index (κ2) is 6.67. The van der Waals surface area contributed by atoms with E-state index in [1.165, 1.54) is 12.1 Å². The van der Waals surface area contributed by atoms with Gasteiger partial charge < -0.3 is 15.2 Å². The predicted molar refractivity (Wildman–Crippen MR) is 76.5 cm³/mol. The summed E-state index contributed by atoms with van der Waals surface area (Å²) in [5, 5.41) is 11.9. The Hall–Kier alpha value is -1.95. The number of hydrogen-bond acceptors (Lipinski definition) is 4. The lowest BCUT2D eigenvalue weighted by molar-refractivity contribution is 0.0391. The molecule has 0 saturated heterocycles. The van der Waals surface area contributed by atoms with E-state index >= 15 is 0 Å². The van der Waals surface area contributed by atoms with Gasteiger partial charge in [0.25, 0.3) is 5.91 Å². The number of carbonyl (C=O) groups is 2. The summed E-state index contributed by atoms with van der Waals surface area (Å²) in [6.07, 6.45) is 4.02. The highest BCUT2D eigenvalue weighted by Gasteiger charge is 2.27. The van der Waals surface area contributed by atoms with Crippen LogP contribution in [0.25, 0.3) is 0 Å². The van der Waals surface area contributed by atoms with Crippen LogP contribution in [-0.4, -0.2) is 41.2 Å². The zero-order valence-electron chi connectivity index (χ0n) is 12.3. The number of nitrogens with zero attached hydrogens (tertiary/aromatic N) is 1. The molecule has 6 nitrogen and oxygen atoms in total. The van der Waals surface area contributed by atoms with E-state index < -0.39 is 5.97 Å². The van der Waals surface area contributed by atoms with Gasteiger partial charge in [0.05, 0.1) is 23.4 Å². The van der Waals surface area contributed by atoms with Crippen LogP contribution in [0.2, 0.25) is 0 Å². The molecule has 1 saturated carbocycles. The molecule has 0 bridgehead atoms. The van der Waals surface area contributed by atoms with Crippen LogP contribution in [0.3, 0.4) is 0 Å². The van der Waals surface area contributed by atoms with Crippen LogP contribution in [-0.2, 0) is 4.74 Å². The number of aromatic nitrogens is 1. The lowest BCUT2D eigenvalue weighted by atomic mass is 9.92.